The van der Waals surface area contributed by atoms with Gasteiger partial charge in [-0.2, -0.15) is 5.10 Å². The largest absolute Gasteiger partial charge is 0.496 e. The molecule has 0 bridgehead atoms. The summed E-state index contributed by atoms with van der Waals surface area (Å²) in [7, 11) is 1.34. The van der Waals surface area contributed by atoms with E-state index < -0.39 is 11.9 Å². The molecule has 1 aromatic carbocycles. The molecule has 8 nitrogen and oxygen atoms in total. The Hall–Kier alpha value is -3.39. The van der Waals surface area contributed by atoms with Crippen molar-refractivity contribution in [3.63, 3.8) is 0 Å². The third-order valence-electron chi connectivity index (χ3n) is 3.89. The van der Waals surface area contributed by atoms with Crippen LogP contribution in [0.15, 0.2) is 42.7 Å². The van der Waals surface area contributed by atoms with Gasteiger partial charge in [0, 0.05) is 12.3 Å². The normalized spacial score (nSPS) is 10.5. The molecule has 0 unspecified atom stereocenters. The monoisotopic (exact) mass is 386 g/mol. The predicted molar refractivity (Wildman–Crippen MR) is 99.0 cm³/mol. The second-order valence-corrected chi connectivity index (χ2v) is 5.94. The Kier molecular flexibility index (Phi) is 5.09. The number of ether oxygens (including phenoxy) is 1. The molecule has 1 amide bonds. The van der Waals surface area contributed by atoms with Gasteiger partial charge >= 0.3 is 5.97 Å². The molecule has 3 rings (SSSR count). The number of aromatic carboxylic acids is 1. The number of pyridine rings is 1. The van der Waals surface area contributed by atoms with Crippen LogP contribution >= 0.6 is 11.6 Å². The van der Waals surface area contributed by atoms with Gasteiger partial charge in [-0.15, -0.1) is 0 Å². The fourth-order valence-electron chi connectivity index (χ4n) is 2.52. The lowest BCUT2D eigenvalue weighted by Crippen LogP contribution is -2.14. The van der Waals surface area contributed by atoms with Gasteiger partial charge in [-0.05, 0) is 25.1 Å². The van der Waals surface area contributed by atoms with E-state index >= 15 is 0 Å². The van der Waals surface area contributed by atoms with E-state index in [9.17, 15) is 14.7 Å². The standard InChI is InChI=1S/C18H15ClN4O4/c1-10-12(9-21-23(10)16-5-3-4-6-20-16)17(24)22-14-8-15(27-2)11(18(25)26)7-13(14)19/h3-9H,1-2H3,(H,22,24)(H,25,26). The third-order valence-corrected chi connectivity index (χ3v) is 4.20. The number of carbonyl (C=O) groups is 2. The highest BCUT2D eigenvalue weighted by Gasteiger charge is 2.19. The summed E-state index contributed by atoms with van der Waals surface area (Å²) in [4.78, 5) is 28.1. The SMILES string of the molecule is COc1cc(NC(=O)c2cnn(-c3ccccn3)c2C)c(Cl)cc1C(=O)O. The van der Waals surface area contributed by atoms with Crippen LogP contribution < -0.4 is 10.1 Å². The third kappa shape index (κ3) is 3.61. The molecule has 2 heterocycles. The number of benzene rings is 1. The molecule has 0 radical (unpaired) electrons. The van der Waals surface area contributed by atoms with Crippen molar-refractivity contribution in [3.05, 3.63) is 64.6 Å². The Labute approximate surface area is 159 Å². The first-order valence-corrected chi connectivity index (χ1v) is 8.18. The van der Waals surface area contributed by atoms with E-state index in [0.29, 0.717) is 17.1 Å². The summed E-state index contributed by atoms with van der Waals surface area (Å²) in [6.07, 6.45) is 3.06. The van der Waals surface area contributed by atoms with Gasteiger partial charge in [0.15, 0.2) is 5.82 Å². The van der Waals surface area contributed by atoms with Gasteiger partial charge in [0.25, 0.3) is 5.91 Å². The minimum Gasteiger partial charge on any atom is -0.496 e. The van der Waals surface area contributed by atoms with Crippen molar-refractivity contribution in [1.29, 1.82) is 0 Å². The second kappa shape index (κ2) is 7.46. The predicted octanol–water partition coefficient (Wildman–Crippen LogP) is 3.19. The molecule has 2 aromatic heterocycles. The molecule has 0 aliphatic carbocycles. The molecule has 0 saturated carbocycles. The molecule has 3 aromatic rings. The van der Waals surface area contributed by atoms with E-state index in [1.165, 1.54) is 25.4 Å². The number of amides is 1. The van der Waals surface area contributed by atoms with Crippen molar-refractivity contribution >= 4 is 29.2 Å². The summed E-state index contributed by atoms with van der Waals surface area (Å²) < 4.78 is 6.61. The van der Waals surface area contributed by atoms with Crippen LogP contribution in [0.25, 0.3) is 5.82 Å². The number of methoxy groups -OCH3 is 1. The van der Waals surface area contributed by atoms with E-state index in [2.05, 4.69) is 15.4 Å². The summed E-state index contributed by atoms with van der Waals surface area (Å²) in [6, 6.07) is 7.96. The Morgan fingerprint density at radius 2 is 2.04 bits per heavy atom. The van der Waals surface area contributed by atoms with E-state index in [-0.39, 0.29) is 22.0 Å². The molecule has 0 atom stereocenters. The Morgan fingerprint density at radius 1 is 1.26 bits per heavy atom. The van der Waals surface area contributed by atoms with Crippen molar-refractivity contribution in [1.82, 2.24) is 14.8 Å². The first-order valence-electron chi connectivity index (χ1n) is 7.80. The highest BCUT2D eigenvalue weighted by atomic mass is 35.5. The fourth-order valence-corrected chi connectivity index (χ4v) is 2.73. The van der Waals surface area contributed by atoms with Crippen LogP contribution in [0.3, 0.4) is 0 Å². The zero-order valence-electron chi connectivity index (χ0n) is 14.4. The van der Waals surface area contributed by atoms with Crippen LogP contribution in [-0.4, -0.2) is 38.9 Å². The number of anilines is 1. The maximum absolute atomic E-state index is 12.6. The van der Waals surface area contributed by atoms with Gasteiger partial charge in [0.2, 0.25) is 0 Å². The van der Waals surface area contributed by atoms with E-state index in [1.807, 2.05) is 6.07 Å². The number of rotatable bonds is 5. The minimum atomic E-state index is -1.18. The number of halogens is 1. The van der Waals surface area contributed by atoms with Crippen LogP contribution in [0.1, 0.15) is 26.4 Å². The molecule has 9 heteroatoms. The van der Waals surface area contributed by atoms with E-state index in [1.54, 1.807) is 29.9 Å². The van der Waals surface area contributed by atoms with E-state index in [0.717, 1.165) is 0 Å². The molecule has 0 saturated heterocycles. The zero-order chi connectivity index (χ0) is 19.6. The Balaban J connectivity index is 1.91. The van der Waals surface area contributed by atoms with Crippen molar-refractivity contribution in [3.8, 4) is 11.6 Å². The summed E-state index contributed by atoms with van der Waals surface area (Å²) in [5.74, 6) is -0.955. The molecule has 138 valence electrons. The van der Waals surface area contributed by atoms with Crippen molar-refractivity contribution in [2.24, 2.45) is 0 Å². The maximum Gasteiger partial charge on any atom is 0.339 e. The maximum atomic E-state index is 12.6. The average Bonchev–Trinajstić information content (AvgIpc) is 3.05. The number of hydrogen-bond acceptors (Lipinski definition) is 5. The molecule has 27 heavy (non-hydrogen) atoms. The first kappa shape index (κ1) is 18.4. The molecule has 0 spiro atoms. The zero-order valence-corrected chi connectivity index (χ0v) is 15.2. The van der Waals surface area contributed by atoms with Gasteiger partial charge < -0.3 is 15.2 Å². The lowest BCUT2D eigenvalue weighted by molar-refractivity contribution is 0.0693. The number of carboxylic acid groups (broad SMARTS) is 1. The Bertz CT molecular complexity index is 1020. The number of hydrogen-bond donors (Lipinski definition) is 2. The quantitative estimate of drug-likeness (QED) is 0.697. The van der Waals surface area contributed by atoms with Crippen LogP contribution in [0.4, 0.5) is 5.69 Å². The van der Waals surface area contributed by atoms with Crippen LogP contribution in [0.2, 0.25) is 5.02 Å². The molecule has 0 aliphatic rings. The topological polar surface area (TPSA) is 106 Å². The van der Waals surface area contributed by atoms with Gasteiger partial charge in [-0.3, -0.25) is 4.79 Å². The highest BCUT2D eigenvalue weighted by molar-refractivity contribution is 6.34. The van der Waals surface area contributed by atoms with Crippen LogP contribution in [0, 0.1) is 6.92 Å². The molecule has 0 fully saturated rings. The lowest BCUT2D eigenvalue weighted by atomic mass is 10.1. The number of carbonyl (C=O) groups excluding carboxylic acids is 1. The minimum absolute atomic E-state index is 0.0799. The van der Waals surface area contributed by atoms with E-state index in [4.69, 9.17) is 16.3 Å². The van der Waals surface area contributed by atoms with Crippen LogP contribution in [-0.2, 0) is 0 Å². The summed E-state index contributed by atoms with van der Waals surface area (Å²) in [6.45, 7) is 1.74. The summed E-state index contributed by atoms with van der Waals surface area (Å²) in [5, 5.41) is 16.1. The second-order valence-electron chi connectivity index (χ2n) is 5.54. The van der Waals surface area contributed by atoms with Crippen molar-refractivity contribution in [2.75, 3.05) is 12.4 Å². The number of aromatic nitrogens is 3. The van der Waals surface area contributed by atoms with Crippen molar-refractivity contribution in [2.45, 2.75) is 6.92 Å². The van der Waals surface area contributed by atoms with Crippen LogP contribution in [0.5, 0.6) is 5.75 Å². The fraction of sp³-hybridized carbons (Fsp3) is 0.111. The van der Waals surface area contributed by atoms with Crippen molar-refractivity contribution < 1.29 is 19.4 Å². The molecular weight excluding hydrogens is 372 g/mol. The first-order chi connectivity index (χ1) is 12.9. The number of carboxylic acids is 1. The summed E-state index contributed by atoms with van der Waals surface area (Å²) >= 11 is 6.11. The molecule has 2 N–H and O–H groups in total. The lowest BCUT2D eigenvalue weighted by Gasteiger charge is -2.11. The van der Waals surface area contributed by atoms with Gasteiger partial charge in [0.05, 0.1) is 35.3 Å². The van der Waals surface area contributed by atoms with Gasteiger partial charge in [-0.25, -0.2) is 14.5 Å². The number of nitrogens with one attached hydrogen (secondary N) is 1. The van der Waals surface area contributed by atoms with Gasteiger partial charge in [0.1, 0.15) is 11.3 Å². The average molecular weight is 387 g/mol. The molecular formula is C18H15ClN4O4. The Morgan fingerprint density at radius 3 is 2.67 bits per heavy atom. The summed E-state index contributed by atoms with van der Waals surface area (Å²) in [5.41, 5.74) is 1.06. The number of nitrogens with zero attached hydrogens (tertiary/aromatic N) is 3. The smallest absolute Gasteiger partial charge is 0.339 e. The van der Waals surface area contributed by atoms with Gasteiger partial charge in [-0.1, -0.05) is 17.7 Å². The molecule has 0 aliphatic heterocycles. The highest BCUT2D eigenvalue weighted by Crippen LogP contribution is 2.31.